The van der Waals surface area contributed by atoms with Crippen molar-refractivity contribution in [1.82, 2.24) is 5.16 Å². The second-order valence-electron chi connectivity index (χ2n) is 4.23. The number of rotatable bonds is 0. The van der Waals surface area contributed by atoms with E-state index in [2.05, 4.69) is 11.2 Å². The zero-order valence-electron chi connectivity index (χ0n) is 9.61. The maximum absolute atomic E-state index is 13.4. The van der Waals surface area contributed by atoms with Crippen LogP contribution in [0.25, 0.3) is 32.4 Å². The Morgan fingerprint density at radius 2 is 1.79 bits per heavy atom. The summed E-state index contributed by atoms with van der Waals surface area (Å²) < 4.78 is 18.5. The predicted octanol–water partition coefficient (Wildman–Crippen LogP) is 4.07. The van der Waals surface area contributed by atoms with E-state index in [1.165, 1.54) is 12.1 Å². The van der Waals surface area contributed by atoms with Gasteiger partial charge in [0.05, 0.1) is 0 Å². The van der Waals surface area contributed by atoms with Crippen LogP contribution >= 0.6 is 0 Å². The largest absolute Gasteiger partial charge is 0.374 e. The van der Waals surface area contributed by atoms with E-state index < -0.39 is 0 Å². The van der Waals surface area contributed by atoms with E-state index in [0.29, 0.717) is 0 Å². The molecule has 1 heterocycles. The minimum Gasteiger partial charge on any atom is -0.374 e. The Labute approximate surface area is 121 Å². The summed E-state index contributed by atoms with van der Waals surface area (Å²) in [6.45, 7) is 0. The van der Waals surface area contributed by atoms with Crippen molar-refractivity contribution < 1.29 is 29.0 Å². The Bertz CT molecular complexity index is 900. The summed E-state index contributed by atoms with van der Waals surface area (Å²) in [4.78, 5) is 0. The molecule has 4 aromatic rings. The molecule has 19 heavy (non-hydrogen) atoms. The molecule has 0 saturated carbocycles. The molecule has 0 unspecified atom stereocenters. The molecule has 0 aliphatic heterocycles. The molecule has 0 N–H and O–H groups in total. The van der Waals surface area contributed by atoms with Crippen LogP contribution in [0.1, 0.15) is 0 Å². The average molecular weight is 428 g/mol. The van der Waals surface area contributed by atoms with Gasteiger partial charge in [-0.25, -0.2) is 0 Å². The van der Waals surface area contributed by atoms with Crippen LogP contribution in [0.4, 0.5) is 4.39 Å². The van der Waals surface area contributed by atoms with E-state index in [-0.39, 0.29) is 25.9 Å². The third-order valence-corrected chi connectivity index (χ3v) is 3.22. The van der Waals surface area contributed by atoms with Crippen molar-refractivity contribution in [3.05, 3.63) is 54.5 Å². The van der Waals surface area contributed by atoms with Gasteiger partial charge in [-0.1, -0.05) is 35.0 Å². The third-order valence-electron chi connectivity index (χ3n) is 3.22. The third kappa shape index (κ3) is 1.68. The van der Waals surface area contributed by atoms with Crippen molar-refractivity contribution in [1.29, 1.82) is 0 Å². The fourth-order valence-electron chi connectivity index (χ4n) is 2.44. The van der Waals surface area contributed by atoms with Crippen molar-refractivity contribution in [2.45, 2.75) is 0 Å². The molecule has 2 nitrogen and oxygen atoms in total. The fourth-order valence-corrected chi connectivity index (χ4v) is 2.44. The maximum atomic E-state index is 13.4. The van der Waals surface area contributed by atoms with E-state index in [1.807, 2.05) is 24.3 Å². The van der Waals surface area contributed by atoms with Gasteiger partial charge in [0, 0.05) is 36.8 Å². The molecule has 0 bridgehead atoms. The summed E-state index contributed by atoms with van der Waals surface area (Å²) in [6, 6.07) is 13.6. The number of hydrogen-bond acceptors (Lipinski definition) is 2. The van der Waals surface area contributed by atoms with Gasteiger partial charge >= 0.3 is 0 Å². The van der Waals surface area contributed by atoms with Gasteiger partial charge in [0.25, 0.3) is 0 Å². The van der Waals surface area contributed by atoms with Gasteiger partial charge < -0.3 is 4.52 Å². The Morgan fingerprint density at radius 3 is 2.58 bits per heavy atom. The van der Waals surface area contributed by atoms with Crippen molar-refractivity contribution in [3.63, 3.8) is 0 Å². The molecule has 0 amide bonds. The molecular formula is C15H7FIrNO-. The van der Waals surface area contributed by atoms with E-state index in [0.717, 1.165) is 32.4 Å². The van der Waals surface area contributed by atoms with Gasteiger partial charge in [-0.05, 0) is 5.39 Å². The molecule has 3 aromatic carbocycles. The molecule has 95 valence electrons. The molecule has 0 fully saturated rings. The SMILES string of the molecule is Fc1c[c-]c2c(c1)c1ccccc1c1conc21.[Ir]. The van der Waals surface area contributed by atoms with Crippen LogP contribution in [0.15, 0.2) is 47.2 Å². The Hall–Kier alpha value is -1.77. The predicted molar refractivity (Wildman–Crippen MR) is 67.8 cm³/mol. The zero-order valence-corrected chi connectivity index (χ0v) is 12.0. The van der Waals surface area contributed by atoms with Gasteiger partial charge in [-0.3, -0.25) is 4.39 Å². The van der Waals surface area contributed by atoms with Crippen LogP contribution in [0.5, 0.6) is 0 Å². The summed E-state index contributed by atoms with van der Waals surface area (Å²) in [6.07, 6.45) is 1.62. The minimum absolute atomic E-state index is 0. The van der Waals surface area contributed by atoms with Crippen molar-refractivity contribution >= 4 is 32.4 Å². The first kappa shape index (κ1) is 12.3. The smallest absolute Gasteiger partial charge is 0.121 e. The summed E-state index contributed by atoms with van der Waals surface area (Å²) in [5.41, 5.74) is 0.726. The van der Waals surface area contributed by atoms with Gasteiger partial charge in [0.1, 0.15) is 6.26 Å². The molecule has 0 aliphatic rings. The summed E-state index contributed by atoms with van der Waals surface area (Å²) >= 11 is 0. The molecular weight excluding hydrogens is 421 g/mol. The van der Waals surface area contributed by atoms with Crippen LogP contribution in [0.2, 0.25) is 0 Å². The average Bonchev–Trinajstić information content (AvgIpc) is 2.88. The Balaban J connectivity index is 0.00000110. The first-order chi connectivity index (χ1) is 8.84. The van der Waals surface area contributed by atoms with Crippen LogP contribution < -0.4 is 0 Å². The molecule has 0 aliphatic carbocycles. The van der Waals surface area contributed by atoms with E-state index in [1.54, 1.807) is 6.26 Å². The second-order valence-corrected chi connectivity index (χ2v) is 4.23. The van der Waals surface area contributed by atoms with Gasteiger partial charge in [-0.15, -0.1) is 28.7 Å². The fraction of sp³-hybridized carbons (Fsp3) is 0. The Kier molecular flexibility index (Phi) is 2.85. The maximum Gasteiger partial charge on any atom is 0.121 e. The van der Waals surface area contributed by atoms with Gasteiger partial charge in [0.15, 0.2) is 0 Å². The number of halogens is 1. The number of hydrogen-bond donors (Lipinski definition) is 0. The first-order valence-electron chi connectivity index (χ1n) is 5.60. The van der Waals surface area contributed by atoms with Gasteiger partial charge in [-0.2, -0.15) is 0 Å². The first-order valence-corrected chi connectivity index (χ1v) is 5.60. The summed E-state index contributed by atoms with van der Waals surface area (Å²) in [5, 5.41) is 8.53. The number of aromatic nitrogens is 1. The van der Waals surface area contributed by atoms with Crippen molar-refractivity contribution in [3.8, 4) is 0 Å². The quantitative estimate of drug-likeness (QED) is 0.312. The standard InChI is InChI=1S/C15H7FNO.Ir/c16-9-5-6-12-13(7-9)10-3-1-2-4-11(10)14-8-18-17-15(12)14;/h1-5,7-8H;/q-1;. The van der Waals surface area contributed by atoms with Crippen LogP contribution in [0.3, 0.4) is 0 Å². The summed E-state index contributed by atoms with van der Waals surface area (Å²) in [5.74, 6) is -0.296. The summed E-state index contributed by atoms with van der Waals surface area (Å²) in [7, 11) is 0. The molecule has 0 atom stereocenters. The number of benzene rings is 3. The Morgan fingerprint density at radius 1 is 1.05 bits per heavy atom. The molecule has 4 rings (SSSR count). The van der Waals surface area contributed by atoms with Gasteiger partial charge in [0.2, 0.25) is 0 Å². The second kappa shape index (κ2) is 4.41. The number of fused-ring (bicyclic) bond motifs is 6. The van der Waals surface area contributed by atoms with E-state index in [4.69, 9.17) is 4.52 Å². The van der Waals surface area contributed by atoms with Crippen LogP contribution in [-0.4, -0.2) is 5.16 Å². The van der Waals surface area contributed by atoms with Crippen LogP contribution in [0, 0.1) is 11.9 Å². The molecule has 4 heteroatoms. The topological polar surface area (TPSA) is 26.0 Å². The normalized spacial score (nSPS) is 11.0. The molecule has 0 saturated heterocycles. The molecule has 1 radical (unpaired) electrons. The minimum atomic E-state index is -0.296. The zero-order chi connectivity index (χ0) is 12.1. The van der Waals surface area contributed by atoms with E-state index >= 15 is 0 Å². The van der Waals surface area contributed by atoms with Crippen molar-refractivity contribution in [2.75, 3.05) is 0 Å². The number of nitrogens with zero attached hydrogens (tertiary/aromatic N) is 1. The van der Waals surface area contributed by atoms with Crippen molar-refractivity contribution in [2.24, 2.45) is 0 Å². The molecule has 1 aromatic heterocycles. The van der Waals surface area contributed by atoms with E-state index in [9.17, 15) is 4.39 Å². The van der Waals surface area contributed by atoms with Crippen LogP contribution in [-0.2, 0) is 20.1 Å². The monoisotopic (exact) mass is 429 g/mol. The molecule has 0 spiro atoms.